The second-order valence-corrected chi connectivity index (χ2v) is 8.32. The van der Waals surface area contributed by atoms with Crippen LogP contribution in [0, 0.1) is 0 Å². The largest absolute Gasteiger partial charge is 0.361 e. The van der Waals surface area contributed by atoms with E-state index in [1.807, 2.05) is 11.0 Å². The Morgan fingerprint density at radius 1 is 1.07 bits per heavy atom. The molecule has 3 heterocycles. The molecule has 1 aromatic carbocycles. The summed E-state index contributed by atoms with van der Waals surface area (Å²) in [5.74, 6) is 1.90. The van der Waals surface area contributed by atoms with Crippen molar-refractivity contribution in [2.45, 2.75) is 38.1 Å². The van der Waals surface area contributed by atoms with E-state index >= 15 is 0 Å². The van der Waals surface area contributed by atoms with Crippen LogP contribution in [0.25, 0.3) is 0 Å². The maximum atomic E-state index is 12.9. The van der Waals surface area contributed by atoms with Gasteiger partial charge in [0.15, 0.2) is 0 Å². The second kappa shape index (κ2) is 7.68. The van der Waals surface area contributed by atoms with Gasteiger partial charge in [-0.15, -0.1) is 0 Å². The third kappa shape index (κ3) is 3.84. The van der Waals surface area contributed by atoms with E-state index in [-0.39, 0.29) is 5.91 Å². The van der Waals surface area contributed by atoms with Gasteiger partial charge in [0.25, 0.3) is 0 Å². The first-order chi connectivity index (χ1) is 13.8. The normalized spacial score (nSPS) is 20.9. The summed E-state index contributed by atoms with van der Waals surface area (Å²) in [7, 11) is 0. The van der Waals surface area contributed by atoms with Gasteiger partial charge in [-0.25, -0.2) is 0 Å². The molecule has 6 nitrogen and oxygen atoms in total. The average Bonchev–Trinajstić information content (AvgIpc) is 3.48. The number of anilines is 1. The summed E-state index contributed by atoms with van der Waals surface area (Å²) in [5.41, 5.74) is 3.44. The molecule has 0 unspecified atom stereocenters. The van der Waals surface area contributed by atoms with Crippen molar-refractivity contribution in [2.75, 3.05) is 44.2 Å². The van der Waals surface area contributed by atoms with E-state index in [4.69, 9.17) is 4.52 Å². The molecular formula is C22H28N4O2. The van der Waals surface area contributed by atoms with Crippen LogP contribution in [0.3, 0.4) is 0 Å². The fourth-order valence-corrected chi connectivity index (χ4v) is 4.37. The predicted molar refractivity (Wildman–Crippen MR) is 107 cm³/mol. The molecule has 3 aliphatic rings. The summed E-state index contributed by atoms with van der Waals surface area (Å²) in [6, 6.07) is 10.4. The second-order valence-electron chi connectivity index (χ2n) is 8.32. The standard InChI is InChI=1S/C22H28N4O2/c27-22(26-9-3-5-17-4-1-2-6-20(17)26)16-25-12-10-24(11-13-25)15-19-14-21(28-23-19)18-7-8-18/h1-2,4,6,14,18H,3,5,7-13,15-16H2. The molecule has 0 N–H and O–H groups in total. The van der Waals surface area contributed by atoms with Crippen LogP contribution < -0.4 is 4.90 Å². The molecule has 2 fully saturated rings. The third-order valence-electron chi connectivity index (χ3n) is 6.18. The molecule has 0 atom stereocenters. The number of aryl methyl sites for hydroxylation is 1. The first-order valence-electron chi connectivity index (χ1n) is 10.5. The lowest BCUT2D eigenvalue weighted by Crippen LogP contribution is -2.50. The third-order valence-corrected chi connectivity index (χ3v) is 6.18. The smallest absolute Gasteiger partial charge is 0.241 e. The molecule has 5 rings (SSSR count). The first kappa shape index (κ1) is 17.9. The van der Waals surface area contributed by atoms with Crippen molar-refractivity contribution in [3.8, 4) is 0 Å². The van der Waals surface area contributed by atoms with Crippen molar-refractivity contribution in [2.24, 2.45) is 0 Å². The molecule has 6 heteroatoms. The number of carbonyl (C=O) groups is 1. The van der Waals surface area contributed by atoms with Crippen LogP contribution >= 0.6 is 0 Å². The number of fused-ring (bicyclic) bond motifs is 1. The number of nitrogens with zero attached hydrogens (tertiary/aromatic N) is 4. The summed E-state index contributed by atoms with van der Waals surface area (Å²) in [6.07, 6.45) is 4.60. The van der Waals surface area contributed by atoms with Crippen LogP contribution in [0.4, 0.5) is 5.69 Å². The summed E-state index contributed by atoms with van der Waals surface area (Å²) in [4.78, 5) is 19.6. The number of rotatable bonds is 5. The zero-order valence-electron chi connectivity index (χ0n) is 16.3. The SMILES string of the molecule is O=C(CN1CCN(Cc2cc(C3CC3)on2)CC1)N1CCCc2ccccc21. The average molecular weight is 380 g/mol. The van der Waals surface area contributed by atoms with Crippen LogP contribution in [0.2, 0.25) is 0 Å². The summed E-state index contributed by atoms with van der Waals surface area (Å²) < 4.78 is 5.46. The number of piperazine rings is 1. The Hall–Kier alpha value is -2.18. The Labute approximate surface area is 166 Å². The molecule has 1 amide bonds. The van der Waals surface area contributed by atoms with Gasteiger partial charge < -0.3 is 9.42 Å². The van der Waals surface area contributed by atoms with Gasteiger partial charge in [-0.1, -0.05) is 23.4 Å². The van der Waals surface area contributed by atoms with Crippen molar-refractivity contribution >= 4 is 11.6 Å². The predicted octanol–water partition coefficient (Wildman–Crippen LogP) is 2.65. The zero-order chi connectivity index (χ0) is 18.9. The van der Waals surface area contributed by atoms with Crippen molar-refractivity contribution < 1.29 is 9.32 Å². The van der Waals surface area contributed by atoms with E-state index in [0.29, 0.717) is 12.5 Å². The lowest BCUT2D eigenvalue weighted by molar-refractivity contribution is -0.120. The van der Waals surface area contributed by atoms with Crippen LogP contribution in [-0.2, 0) is 17.8 Å². The molecule has 0 spiro atoms. The lowest BCUT2D eigenvalue weighted by atomic mass is 10.0. The maximum Gasteiger partial charge on any atom is 0.241 e. The lowest BCUT2D eigenvalue weighted by Gasteiger charge is -2.36. The van der Waals surface area contributed by atoms with Gasteiger partial charge in [-0.3, -0.25) is 14.6 Å². The summed E-state index contributed by atoms with van der Waals surface area (Å²) in [6.45, 7) is 5.98. The Kier molecular flexibility index (Phi) is 4.91. The molecule has 148 valence electrons. The van der Waals surface area contributed by atoms with E-state index in [0.717, 1.165) is 69.3 Å². The topological polar surface area (TPSA) is 52.8 Å². The molecule has 0 bridgehead atoms. The number of hydrogen-bond acceptors (Lipinski definition) is 5. The number of benzene rings is 1. The molecule has 0 radical (unpaired) electrons. The molecule has 2 aromatic rings. The highest BCUT2D eigenvalue weighted by Crippen LogP contribution is 2.40. The highest BCUT2D eigenvalue weighted by molar-refractivity contribution is 5.95. The highest BCUT2D eigenvalue weighted by atomic mass is 16.5. The van der Waals surface area contributed by atoms with Crippen LogP contribution in [0.5, 0.6) is 0 Å². The molecule has 1 aliphatic carbocycles. The van der Waals surface area contributed by atoms with Gasteiger partial charge in [0.1, 0.15) is 5.76 Å². The van der Waals surface area contributed by atoms with E-state index < -0.39 is 0 Å². The van der Waals surface area contributed by atoms with E-state index in [2.05, 4.69) is 39.2 Å². The van der Waals surface area contributed by atoms with Crippen molar-refractivity contribution in [1.82, 2.24) is 15.0 Å². The number of amides is 1. The number of hydrogen-bond donors (Lipinski definition) is 0. The van der Waals surface area contributed by atoms with Gasteiger partial charge in [0.2, 0.25) is 5.91 Å². The minimum Gasteiger partial charge on any atom is -0.361 e. The van der Waals surface area contributed by atoms with Gasteiger partial charge in [0, 0.05) is 56.9 Å². The minimum absolute atomic E-state index is 0.228. The monoisotopic (exact) mass is 380 g/mol. The maximum absolute atomic E-state index is 12.9. The number of para-hydroxylation sites is 1. The van der Waals surface area contributed by atoms with Crippen LogP contribution in [0.15, 0.2) is 34.9 Å². The molecule has 2 aliphatic heterocycles. The minimum atomic E-state index is 0.228. The Morgan fingerprint density at radius 3 is 2.68 bits per heavy atom. The number of aromatic nitrogens is 1. The Bertz CT molecular complexity index is 837. The first-order valence-corrected chi connectivity index (χ1v) is 10.5. The number of carbonyl (C=O) groups excluding carboxylic acids is 1. The molecular weight excluding hydrogens is 352 g/mol. The highest BCUT2D eigenvalue weighted by Gasteiger charge is 2.29. The van der Waals surface area contributed by atoms with Gasteiger partial charge in [-0.05, 0) is 37.3 Å². The van der Waals surface area contributed by atoms with Gasteiger partial charge >= 0.3 is 0 Å². The Balaban J connectivity index is 1.13. The Morgan fingerprint density at radius 2 is 1.86 bits per heavy atom. The summed E-state index contributed by atoms with van der Waals surface area (Å²) in [5, 5.41) is 4.23. The molecule has 1 saturated carbocycles. The van der Waals surface area contributed by atoms with E-state index in [1.165, 1.54) is 18.4 Å². The van der Waals surface area contributed by atoms with Gasteiger partial charge in [0.05, 0.1) is 12.2 Å². The van der Waals surface area contributed by atoms with Crippen molar-refractivity contribution in [3.63, 3.8) is 0 Å². The van der Waals surface area contributed by atoms with E-state index in [1.54, 1.807) is 0 Å². The van der Waals surface area contributed by atoms with Crippen LogP contribution in [0.1, 0.15) is 42.2 Å². The fourth-order valence-electron chi connectivity index (χ4n) is 4.37. The summed E-state index contributed by atoms with van der Waals surface area (Å²) >= 11 is 0. The quantitative estimate of drug-likeness (QED) is 0.798. The molecule has 28 heavy (non-hydrogen) atoms. The van der Waals surface area contributed by atoms with Crippen LogP contribution in [-0.4, -0.2) is 60.1 Å². The van der Waals surface area contributed by atoms with E-state index in [9.17, 15) is 4.79 Å². The zero-order valence-corrected chi connectivity index (χ0v) is 16.3. The fraction of sp³-hybridized carbons (Fsp3) is 0.545. The molecule has 1 saturated heterocycles. The van der Waals surface area contributed by atoms with Crippen molar-refractivity contribution in [3.05, 3.63) is 47.3 Å². The molecule has 1 aromatic heterocycles. The van der Waals surface area contributed by atoms with Crippen molar-refractivity contribution in [1.29, 1.82) is 0 Å². The van der Waals surface area contributed by atoms with Gasteiger partial charge in [-0.2, -0.15) is 0 Å².